The lowest BCUT2D eigenvalue weighted by atomic mass is 9.87. The van der Waals surface area contributed by atoms with E-state index in [1.54, 1.807) is 10.4 Å². The van der Waals surface area contributed by atoms with E-state index in [9.17, 15) is 19.8 Å². The quantitative estimate of drug-likeness (QED) is 0.357. The Hall–Kier alpha value is -2.88. The summed E-state index contributed by atoms with van der Waals surface area (Å²) in [6.07, 6.45) is -0.256. The minimum absolute atomic E-state index is 0.0543. The maximum absolute atomic E-state index is 13.9. The lowest BCUT2D eigenvalue weighted by Gasteiger charge is -2.29. The standard InChI is InChI=1S/C31H41N3O5S/c1-17(2)28(26-13-27(33-39-26)31(5,6)7)30(38)34-14-21(36)12-24(34)25(37)11-19(4)22-9-8-20(10-18(22)3)29-23(15-35)32-16-40-29/h8-10,13,16-17,19,21,24,28,35-36H,11-12,14-15H2,1-7H3. The second kappa shape index (κ2) is 11.9. The van der Waals surface area contributed by atoms with Crippen molar-refractivity contribution >= 4 is 23.0 Å². The third kappa shape index (κ3) is 6.21. The largest absolute Gasteiger partial charge is 0.391 e. The molecule has 4 unspecified atom stereocenters. The van der Waals surface area contributed by atoms with Crippen LogP contribution in [0.5, 0.6) is 0 Å². The molecule has 8 nitrogen and oxygen atoms in total. The number of carbonyl (C=O) groups excluding carboxylic acids is 2. The molecule has 4 atom stereocenters. The number of amides is 1. The van der Waals surface area contributed by atoms with Crippen LogP contribution in [-0.2, 0) is 21.6 Å². The number of aliphatic hydroxyl groups is 2. The maximum atomic E-state index is 13.9. The molecule has 3 aromatic rings. The highest BCUT2D eigenvalue weighted by atomic mass is 32.1. The molecule has 1 fully saturated rings. The molecule has 2 N–H and O–H groups in total. The molecule has 2 aromatic heterocycles. The van der Waals surface area contributed by atoms with Gasteiger partial charge in [0.1, 0.15) is 11.7 Å². The Balaban J connectivity index is 1.51. The molecule has 1 aliphatic heterocycles. The zero-order chi connectivity index (χ0) is 29.4. The van der Waals surface area contributed by atoms with Crippen molar-refractivity contribution in [1.82, 2.24) is 15.0 Å². The Morgan fingerprint density at radius 2 is 1.93 bits per heavy atom. The molecule has 3 heterocycles. The molecule has 0 saturated carbocycles. The number of aliphatic hydroxyl groups excluding tert-OH is 2. The summed E-state index contributed by atoms with van der Waals surface area (Å²) in [7, 11) is 0. The van der Waals surface area contributed by atoms with Crippen molar-refractivity contribution in [2.75, 3.05) is 6.54 Å². The van der Waals surface area contributed by atoms with Crippen LogP contribution in [0, 0.1) is 12.8 Å². The molecule has 4 rings (SSSR count). The second-order valence-electron chi connectivity index (χ2n) is 12.4. The number of carbonyl (C=O) groups is 2. The average molecular weight is 568 g/mol. The fourth-order valence-electron chi connectivity index (χ4n) is 5.60. The van der Waals surface area contributed by atoms with E-state index < -0.39 is 18.1 Å². The van der Waals surface area contributed by atoms with Gasteiger partial charge < -0.3 is 19.6 Å². The van der Waals surface area contributed by atoms with Crippen LogP contribution in [0.25, 0.3) is 10.4 Å². The number of aryl methyl sites for hydroxylation is 1. The SMILES string of the molecule is Cc1cc(-c2scnc2CO)ccc1C(C)CC(=O)C1CC(O)CN1C(=O)C(c1cc(C(C)(C)C)no1)C(C)C. The predicted molar refractivity (Wildman–Crippen MR) is 155 cm³/mol. The lowest BCUT2D eigenvalue weighted by molar-refractivity contribution is -0.140. The van der Waals surface area contributed by atoms with Crippen LogP contribution in [0.15, 0.2) is 34.3 Å². The maximum Gasteiger partial charge on any atom is 0.234 e. The van der Waals surface area contributed by atoms with Gasteiger partial charge in [-0.3, -0.25) is 9.59 Å². The van der Waals surface area contributed by atoms with Crippen LogP contribution in [0.1, 0.15) is 94.5 Å². The molecule has 0 spiro atoms. The summed E-state index contributed by atoms with van der Waals surface area (Å²) in [6.45, 7) is 14.1. The summed E-state index contributed by atoms with van der Waals surface area (Å²) in [5, 5.41) is 24.3. The van der Waals surface area contributed by atoms with Crippen LogP contribution in [-0.4, -0.2) is 55.6 Å². The number of nitrogens with zero attached hydrogens (tertiary/aromatic N) is 3. The van der Waals surface area contributed by atoms with Crippen molar-refractivity contribution in [3.05, 3.63) is 58.1 Å². The van der Waals surface area contributed by atoms with Crippen molar-refractivity contribution in [3.63, 3.8) is 0 Å². The Morgan fingerprint density at radius 1 is 1.20 bits per heavy atom. The van der Waals surface area contributed by atoms with Gasteiger partial charge in [-0.2, -0.15) is 0 Å². The molecule has 0 aliphatic carbocycles. The highest BCUT2D eigenvalue weighted by Gasteiger charge is 2.43. The monoisotopic (exact) mass is 567 g/mol. The van der Waals surface area contributed by atoms with Gasteiger partial charge in [-0.05, 0) is 35.4 Å². The Morgan fingerprint density at radius 3 is 2.52 bits per heavy atom. The number of hydrogen-bond donors (Lipinski definition) is 2. The molecule has 216 valence electrons. The van der Waals surface area contributed by atoms with Crippen LogP contribution in [0.4, 0.5) is 0 Å². The molecule has 1 aromatic carbocycles. The number of likely N-dealkylation sites (tertiary alicyclic amines) is 1. The summed E-state index contributed by atoms with van der Waals surface area (Å²) in [6, 6.07) is 7.26. The Labute approximate surface area is 240 Å². The van der Waals surface area contributed by atoms with Crippen molar-refractivity contribution in [2.24, 2.45) is 5.92 Å². The molecule has 1 aliphatic rings. The van der Waals surface area contributed by atoms with E-state index in [1.165, 1.54) is 11.3 Å². The number of Topliss-reactive ketones (excluding diaryl/α,β-unsaturated/α-hetero) is 1. The molecule has 1 amide bonds. The van der Waals surface area contributed by atoms with E-state index in [2.05, 4.69) is 16.2 Å². The Bertz CT molecular complexity index is 1350. The summed E-state index contributed by atoms with van der Waals surface area (Å²) in [5.41, 5.74) is 6.03. The van der Waals surface area contributed by atoms with E-state index in [1.807, 2.05) is 66.7 Å². The molecular formula is C31H41N3O5S. The number of rotatable bonds is 9. The van der Waals surface area contributed by atoms with Gasteiger partial charge in [-0.1, -0.05) is 64.9 Å². The van der Waals surface area contributed by atoms with E-state index in [4.69, 9.17) is 4.52 Å². The molecule has 0 radical (unpaired) electrons. The van der Waals surface area contributed by atoms with Gasteiger partial charge in [0.2, 0.25) is 5.91 Å². The van der Waals surface area contributed by atoms with Gasteiger partial charge in [0.05, 0.1) is 40.5 Å². The average Bonchev–Trinajstić information content (AvgIpc) is 3.63. The van der Waals surface area contributed by atoms with Gasteiger partial charge in [0.15, 0.2) is 5.78 Å². The van der Waals surface area contributed by atoms with Gasteiger partial charge in [0, 0.05) is 30.9 Å². The van der Waals surface area contributed by atoms with Crippen LogP contribution in [0.2, 0.25) is 0 Å². The van der Waals surface area contributed by atoms with Gasteiger partial charge in [-0.25, -0.2) is 4.98 Å². The highest BCUT2D eigenvalue weighted by Crippen LogP contribution is 2.35. The number of hydrogen-bond acceptors (Lipinski definition) is 8. The smallest absolute Gasteiger partial charge is 0.234 e. The second-order valence-corrected chi connectivity index (χ2v) is 13.3. The van der Waals surface area contributed by atoms with E-state index in [-0.39, 0.29) is 54.9 Å². The summed E-state index contributed by atoms with van der Waals surface area (Å²) in [4.78, 5) is 34.2. The van der Waals surface area contributed by atoms with E-state index >= 15 is 0 Å². The van der Waals surface area contributed by atoms with E-state index in [0.29, 0.717) is 11.5 Å². The predicted octanol–water partition coefficient (Wildman–Crippen LogP) is 5.36. The van der Waals surface area contributed by atoms with Gasteiger partial charge in [0.25, 0.3) is 0 Å². The van der Waals surface area contributed by atoms with Crippen LogP contribution < -0.4 is 0 Å². The number of thiazole rings is 1. The first-order valence-corrected chi connectivity index (χ1v) is 14.8. The lowest BCUT2D eigenvalue weighted by Crippen LogP contribution is -2.44. The van der Waals surface area contributed by atoms with Crippen LogP contribution >= 0.6 is 11.3 Å². The first-order valence-electron chi connectivity index (χ1n) is 13.9. The van der Waals surface area contributed by atoms with Gasteiger partial charge >= 0.3 is 0 Å². The van der Waals surface area contributed by atoms with Crippen molar-refractivity contribution in [2.45, 2.75) is 97.3 Å². The minimum atomic E-state index is -0.748. The zero-order valence-corrected chi connectivity index (χ0v) is 25.3. The number of aromatic nitrogens is 2. The van der Waals surface area contributed by atoms with E-state index in [0.717, 1.165) is 27.3 Å². The van der Waals surface area contributed by atoms with Crippen molar-refractivity contribution in [1.29, 1.82) is 0 Å². The highest BCUT2D eigenvalue weighted by molar-refractivity contribution is 7.13. The van der Waals surface area contributed by atoms with Crippen molar-refractivity contribution in [3.8, 4) is 10.4 Å². The number of ketones is 1. The summed E-state index contributed by atoms with van der Waals surface area (Å²) in [5.74, 6) is -0.509. The number of β-amino-alcohol motifs (C(OH)–C–C–N with tert-alkyl or cyclic N) is 1. The summed E-state index contributed by atoms with van der Waals surface area (Å²) < 4.78 is 5.64. The van der Waals surface area contributed by atoms with Crippen molar-refractivity contribution < 1.29 is 24.3 Å². The molecule has 9 heteroatoms. The van der Waals surface area contributed by atoms with Gasteiger partial charge in [-0.15, -0.1) is 11.3 Å². The molecular weight excluding hydrogens is 526 g/mol. The third-order valence-electron chi connectivity index (χ3n) is 7.83. The Kier molecular flexibility index (Phi) is 8.97. The zero-order valence-electron chi connectivity index (χ0n) is 24.5. The molecule has 1 saturated heterocycles. The normalized spacial score (nSPS) is 19.3. The van der Waals surface area contributed by atoms with Crippen LogP contribution in [0.3, 0.4) is 0 Å². The third-order valence-corrected chi connectivity index (χ3v) is 8.75. The minimum Gasteiger partial charge on any atom is -0.391 e. The molecule has 0 bridgehead atoms. The topological polar surface area (TPSA) is 117 Å². The fourth-order valence-corrected chi connectivity index (χ4v) is 6.40. The summed E-state index contributed by atoms with van der Waals surface area (Å²) >= 11 is 1.49. The fraction of sp³-hybridized carbons (Fsp3) is 0.548. The first-order chi connectivity index (χ1) is 18.8. The number of benzene rings is 1. The molecule has 40 heavy (non-hydrogen) atoms. The first kappa shape index (κ1) is 30.1.